The Bertz CT molecular complexity index is 411. The summed E-state index contributed by atoms with van der Waals surface area (Å²) in [5, 5.41) is 2.96. The normalized spacial score (nSPS) is 12.3. The van der Waals surface area contributed by atoms with Gasteiger partial charge in [-0.25, -0.2) is 0 Å². The topological polar surface area (TPSA) is 73.6 Å². The number of amides is 1. The van der Waals surface area contributed by atoms with Crippen LogP contribution in [-0.2, 0) is 14.3 Å². The Labute approximate surface area is 187 Å². The molecule has 0 bridgehead atoms. The Morgan fingerprint density at radius 3 is 1.87 bits per heavy atom. The van der Waals surface area contributed by atoms with Crippen LogP contribution in [0.1, 0.15) is 118 Å². The summed E-state index contributed by atoms with van der Waals surface area (Å²) in [4.78, 5) is 12.0. The van der Waals surface area contributed by atoms with E-state index >= 15 is 0 Å². The quantitative estimate of drug-likeness (QED) is 0.229. The van der Waals surface area contributed by atoms with E-state index in [4.69, 9.17) is 15.2 Å². The SMILES string of the molecule is CCCCCCCCCCCCCC(=O)NCCOC(C)(C)COC(C)(C)CCN. The summed E-state index contributed by atoms with van der Waals surface area (Å²) in [5.74, 6) is 0.132. The maximum Gasteiger partial charge on any atom is 0.220 e. The molecule has 0 fully saturated rings. The number of carbonyl (C=O) groups is 1. The van der Waals surface area contributed by atoms with Crippen LogP contribution in [0, 0.1) is 0 Å². The zero-order valence-corrected chi connectivity index (χ0v) is 20.8. The summed E-state index contributed by atoms with van der Waals surface area (Å²) in [6.07, 6.45) is 15.7. The highest BCUT2D eigenvalue weighted by molar-refractivity contribution is 5.75. The second-order valence-electron chi connectivity index (χ2n) is 9.83. The number of nitrogens with two attached hydrogens (primary N) is 1. The molecule has 0 rings (SSSR count). The van der Waals surface area contributed by atoms with Crippen LogP contribution < -0.4 is 11.1 Å². The van der Waals surface area contributed by atoms with Crippen LogP contribution >= 0.6 is 0 Å². The Hall–Kier alpha value is -0.650. The molecule has 180 valence electrons. The van der Waals surface area contributed by atoms with E-state index in [1.807, 2.05) is 27.7 Å². The summed E-state index contributed by atoms with van der Waals surface area (Å²) < 4.78 is 11.8. The third kappa shape index (κ3) is 19.3. The van der Waals surface area contributed by atoms with Gasteiger partial charge in [0.15, 0.2) is 0 Å². The Morgan fingerprint density at radius 2 is 1.33 bits per heavy atom. The zero-order valence-electron chi connectivity index (χ0n) is 20.8. The molecule has 0 aliphatic carbocycles. The molecule has 0 aromatic carbocycles. The number of rotatable bonds is 21. The summed E-state index contributed by atoms with van der Waals surface area (Å²) in [6, 6.07) is 0. The van der Waals surface area contributed by atoms with Gasteiger partial charge in [-0.2, -0.15) is 0 Å². The Kier molecular flexibility index (Phi) is 17.6. The van der Waals surface area contributed by atoms with E-state index in [0.717, 1.165) is 19.3 Å². The highest BCUT2D eigenvalue weighted by atomic mass is 16.6. The molecule has 0 radical (unpaired) electrons. The first-order chi connectivity index (χ1) is 14.2. The first kappa shape index (κ1) is 29.4. The molecule has 30 heavy (non-hydrogen) atoms. The van der Waals surface area contributed by atoms with Crippen LogP contribution in [0.5, 0.6) is 0 Å². The number of nitrogens with one attached hydrogen (secondary N) is 1. The largest absolute Gasteiger partial charge is 0.373 e. The van der Waals surface area contributed by atoms with Crippen molar-refractivity contribution in [2.75, 3.05) is 26.3 Å². The fraction of sp³-hybridized carbons (Fsp3) is 0.960. The van der Waals surface area contributed by atoms with E-state index in [9.17, 15) is 4.79 Å². The summed E-state index contributed by atoms with van der Waals surface area (Å²) >= 11 is 0. The summed E-state index contributed by atoms with van der Waals surface area (Å²) in [7, 11) is 0. The molecular formula is C25H52N2O3. The molecule has 0 saturated heterocycles. The van der Waals surface area contributed by atoms with Crippen LogP contribution in [0.3, 0.4) is 0 Å². The van der Waals surface area contributed by atoms with Gasteiger partial charge in [0.1, 0.15) is 0 Å². The molecule has 0 unspecified atom stereocenters. The molecule has 5 heteroatoms. The van der Waals surface area contributed by atoms with Gasteiger partial charge in [-0.15, -0.1) is 0 Å². The number of carbonyl (C=O) groups excluding carboxylic acids is 1. The van der Waals surface area contributed by atoms with Crippen molar-refractivity contribution in [2.45, 2.75) is 129 Å². The molecule has 5 nitrogen and oxygen atoms in total. The minimum absolute atomic E-state index is 0.132. The highest BCUT2D eigenvalue weighted by Crippen LogP contribution is 2.18. The minimum atomic E-state index is -0.382. The van der Waals surface area contributed by atoms with E-state index < -0.39 is 0 Å². The molecule has 0 heterocycles. The predicted molar refractivity (Wildman–Crippen MR) is 128 cm³/mol. The molecule has 0 aromatic heterocycles. The van der Waals surface area contributed by atoms with Crippen molar-refractivity contribution in [1.29, 1.82) is 0 Å². The van der Waals surface area contributed by atoms with Gasteiger partial charge in [-0.05, 0) is 47.1 Å². The predicted octanol–water partition coefficient (Wildman–Crippen LogP) is 5.74. The fourth-order valence-electron chi connectivity index (χ4n) is 3.39. The first-order valence-electron chi connectivity index (χ1n) is 12.5. The standard InChI is InChI=1S/C25H52N2O3/c1-6-7-8-9-10-11-12-13-14-15-16-17-23(28)27-20-21-29-25(4,5)22-30-24(2,3)18-19-26/h6-22,26H2,1-5H3,(H,27,28). The van der Waals surface area contributed by atoms with Gasteiger partial charge in [0.2, 0.25) is 5.91 Å². The van der Waals surface area contributed by atoms with E-state index in [1.165, 1.54) is 57.8 Å². The molecule has 0 aliphatic rings. The van der Waals surface area contributed by atoms with Crippen molar-refractivity contribution < 1.29 is 14.3 Å². The third-order valence-corrected chi connectivity index (χ3v) is 5.48. The number of hydrogen-bond donors (Lipinski definition) is 2. The fourth-order valence-corrected chi connectivity index (χ4v) is 3.39. The molecule has 0 aliphatic heterocycles. The van der Waals surface area contributed by atoms with Crippen molar-refractivity contribution in [3.8, 4) is 0 Å². The van der Waals surface area contributed by atoms with Gasteiger partial charge in [-0.3, -0.25) is 4.79 Å². The van der Waals surface area contributed by atoms with Crippen LogP contribution in [0.25, 0.3) is 0 Å². The maximum absolute atomic E-state index is 12.0. The average Bonchev–Trinajstić information content (AvgIpc) is 2.68. The monoisotopic (exact) mass is 428 g/mol. The second kappa shape index (κ2) is 18.0. The summed E-state index contributed by atoms with van der Waals surface area (Å²) in [6.45, 7) is 12.5. The average molecular weight is 429 g/mol. The lowest BCUT2D eigenvalue weighted by Gasteiger charge is -2.32. The van der Waals surface area contributed by atoms with Gasteiger partial charge >= 0.3 is 0 Å². The van der Waals surface area contributed by atoms with E-state index in [1.54, 1.807) is 0 Å². The van der Waals surface area contributed by atoms with Crippen LogP contribution in [-0.4, -0.2) is 43.4 Å². The molecule has 0 saturated carbocycles. The molecule has 0 spiro atoms. The third-order valence-electron chi connectivity index (χ3n) is 5.48. The summed E-state index contributed by atoms with van der Waals surface area (Å²) in [5.41, 5.74) is 5.00. The lowest BCUT2D eigenvalue weighted by molar-refractivity contribution is -0.126. The lowest BCUT2D eigenvalue weighted by Crippen LogP contribution is -2.39. The molecule has 3 N–H and O–H groups in total. The highest BCUT2D eigenvalue weighted by Gasteiger charge is 2.25. The van der Waals surface area contributed by atoms with Crippen molar-refractivity contribution in [1.82, 2.24) is 5.32 Å². The van der Waals surface area contributed by atoms with Crippen LogP contribution in [0.15, 0.2) is 0 Å². The maximum atomic E-state index is 12.0. The zero-order chi connectivity index (χ0) is 22.7. The number of hydrogen-bond acceptors (Lipinski definition) is 4. The van der Waals surface area contributed by atoms with E-state index in [0.29, 0.717) is 32.7 Å². The first-order valence-corrected chi connectivity index (χ1v) is 12.5. The second-order valence-corrected chi connectivity index (χ2v) is 9.83. The smallest absolute Gasteiger partial charge is 0.220 e. The van der Waals surface area contributed by atoms with Crippen molar-refractivity contribution in [3.05, 3.63) is 0 Å². The van der Waals surface area contributed by atoms with Gasteiger partial charge in [-0.1, -0.05) is 71.1 Å². The van der Waals surface area contributed by atoms with E-state index in [2.05, 4.69) is 12.2 Å². The van der Waals surface area contributed by atoms with Gasteiger partial charge in [0, 0.05) is 13.0 Å². The number of ether oxygens (including phenoxy) is 2. The molecular weight excluding hydrogens is 376 g/mol. The number of unbranched alkanes of at least 4 members (excludes halogenated alkanes) is 10. The van der Waals surface area contributed by atoms with Crippen LogP contribution in [0.4, 0.5) is 0 Å². The van der Waals surface area contributed by atoms with E-state index in [-0.39, 0.29) is 17.1 Å². The van der Waals surface area contributed by atoms with Crippen molar-refractivity contribution in [2.24, 2.45) is 5.73 Å². The molecule has 0 atom stereocenters. The van der Waals surface area contributed by atoms with Crippen LogP contribution in [0.2, 0.25) is 0 Å². The van der Waals surface area contributed by atoms with Crippen molar-refractivity contribution >= 4 is 5.91 Å². The molecule has 0 aromatic rings. The van der Waals surface area contributed by atoms with Gasteiger partial charge < -0.3 is 20.5 Å². The lowest BCUT2D eigenvalue weighted by atomic mass is 10.0. The van der Waals surface area contributed by atoms with Gasteiger partial charge in [0.05, 0.1) is 24.4 Å². The van der Waals surface area contributed by atoms with Crippen molar-refractivity contribution in [3.63, 3.8) is 0 Å². The minimum Gasteiger partial charge on any atom is -0.373 e. The van der Waals surface area contributed by atoms with Gasteiger partial charge in [0.25, 0.3) is 0 Å². The molecule has 1 amide bonds. The Balaban J connectivity index is 3.56. The Morgan fingerprint density at radius 1 is 0.800 bits per heavy atom.